The van der Waals surface area contributed by atoms with Crippen molar-refractivity contribution in [3.63, 3.8) is 0 Å². The molecule has 0 spiro atoms. The molecule has 1 unspecified atom stereocenters. The van der Waals surface area contributed by atoms with Gasteiger partial charge in [-0.05, 0) is 46.7 Å². The fourth-order valence-corrected chi connectivity index (χ4v) is 2.70. The molecule has 6 heteroatoms. The van der Waals surface area contributed by atoms with Gasteiger partial charge in [0.2, 0.25) is 0 Å². The number of hydrogen-bond donors (Lipinski definition) is 1. The van der Waals surface area contributed by atoms with Crippen LogP contribution in [-0.4, -0.2) is 7.05 Å². The molecular formula is C14H10BrCl2F2N. The van der Waals surface area contributed by atoms with E-state index >= 15 is 0 Å². The highest BCUT2D eigenvalue weighted by Crippen LogP contribution is 2.34. The molecule has 0 heterocycles. The first-order valence-electron chi connectivity index (χ1n) is 5.71. The van der Waals surface area contributed by atoms with E-state index in [2.05, 4.69) is 21.2 Å². The largest absolute Gasteiger partial charge is 0.309 e. The zero-order valence-electron chi connectivity index (χ0n) is 10.4. The average Bonchev–Trinajstić information content (AvgIpc) is 2.41. The Morgan fingerprint density at radius 1 is 1.10 bits per heavy atom. The SMILES string of the molecule is CNC(c1cc(Cl)c(Br)cc1F)c1cccc(F)c1Cl. The van der Waals surface area contributed by atoms with E-state index in [-0.39, 0.29) is 5.02 Å². The number of nitrogens with one attached hydrogen (secondary N) is 1. The van der Waals surface area contributed by atoms with Gasteiger partial charge >= 0.3 is 0 Å². The summed E-state index contributed by atoms with van der Waals surface area (Å²) in [5.41, 5.74) is 0.750. The van der Waals surface area contributed by atoms with E-state index in [4.69, 9.17) is 23.2 Å². The summed E-state index contributed by atoms with van der Waals surface area (Å²) in [7, 11) is 1.64. The molecule has 0 radical (unpaired) electrons. The van der Waals surface area contributed by atoms with Crippen LogP contribution < -0.4 is 5.32 Å². The van der Waals surface area contributed by atoms with E-state index < -0.39 is 17.7 Å². The summed E-state index contributed by atoms with van der Waals surface area (Å²) in [6, 6.07) is 6.59. The summed E-state index contributed by atoms with van der Waals surface area (Å²) in [6.45, 7) is 0. The summed E-state index contributed by atoms with van der Waals surface area (Å²) in [6.07, 6.45) is 0. The third kappa shape index (κ3) is 2.98. The smallest absolute Gasteiger partial charge is 0.142 e. The van der Waals surface area contributed by atoms with Crippen LogP contribution in [0.2, 0.25) is 10.0 Å². The standard InChI is InChI=1S/C14H10BrCl2F2N/c1-20-14(7-3-2-4-11(18)13(7)17)8-5-10(16)9(15)6-12(8)19/h2-6,14,20H,1H3. The predicted molar refractivity (Wildman–Crippen MR) is 81.4 cm³/mol. The molecule has 0 amide bonds. The highest BCUT2D eigenvalue weighted by molar-refractivity contribution is 9.10. The van der Waals surface area contributed by atoms with Crippen molar-refractivity contribution in [3.8, 4) is 0 Å². The summed E-state index contributed by atoms with van der Waals surface area (Å²) in [5.74, 6) is -1.01. The minimum Gasteiger partial charge on any atom is -0.309 e. The number of halogens is 5. The Labute approximate surface area is 134 Å². The van der Waals surface area contributed by atoms with Gasteiger partial charge in [0, 0.05) is 10.0 Å². The van der Waals surface area contributed by atoms with Crippen LogP contribution in [0.3, 0.4) is 0 Å². The minimum absolute atomic E-state index is 0.0368. The molecule has 2 aromatic carbocycles. The van der Waals surface area contributed by atoms with Gasteiger partial charge in [0.15, 0.2) is 0 Å². The Balaban J connectivity index is 2.58. The van der Waals surface area contributed by atoms with Crippen molar-refractivity contribution < 1.29 is 8.78 Å². The van der Waals surface area contributed by atoms with Crippen LogP contribution in [0.25, 0.3) is 0 Å². The van der Waals surface area contributed by atoms with E-state index in [1.54, 1.807) is 13.1 Å². The lowest BCUT2D eigenvalue weighted by Gasteiger charge is -2.20. The van der Waals surface area contributed by atoms with Crippen LogP contribution >= 0.6 is 39.1 Å². The Morgan fingerprint density at radius 3 is 2.45 bits per heavy atom. The van der Waals surface area contributed by atoms with Gasteiger partial charge in [-0.15, -0.1) is 0 Å². The third-order valence-electron chi connectivity index (χ3n) is 2.93. The molecule has 0 aliphatic heterocycles. The molecule has 1 N–H and O–H groups in total. The molecule has 2 aromatic rings. The molecule has 20 heavy (non-hydrogen) atoms. The topological polar surface area (TPSA) is 12.0 Å². The molecule has 0 aliphatic rings. The Kier molecular flexibility index (Phi) is 5.02. The molecular weight excluding hydrogens is 371 g/mol. The third-order valence-corrected chi connectivity index (χ3v) is 4.53. The lowest BCUT2D eigenvalue weighted by Crippen LogP contribution is -2.19. The van der Waals surface area contributed by atoms with Gasteiger partial charge in [-0.25, -0.2) is 8.78 Å². The Bertz CT molecular complexity index is 649. The minimum atomic E-state index is -0.594. The fourth-order valence-electron chi connectivity index (χ4n) is 1.98. The van der Waals surface area contributed by atoms with Crippen LogP contribution in [0.15, 0.2) is 34.8 Å². The second-order valence-corrected chi connectivity index (χ2v) is 5.79. The maximum atomic E-state index is 14.1. The quantitative estimate of drug-likeness (QED) is 0.708. The van der Waals surface area contributed by atoms with Crippen molar-refractivity contribution in [2.45, 2.75) is 6.04 Å². The Morgan fingerprint density at radius 2 is 1.80 bits per heavy atom. The lowest BCUT2D eigenvalue weighted by atomic mass is 9.98. The van der Waals surface area contributed by atoms with Crippen LogP contribution in [0.5, 0.6) is 0 Å². The number of benzene rings is 2. The average molecular weight is 381 g/mol. The maximum absolute atomic E-state index is 14.1. The van der Waals surface area contributed by atoms with E-state index in [0.717, 1.165) is 0 Å². The van der Waals surface area contributed by atoms with E-state index in [0.29, 0.717) is 20.6 Å². The molecule has 2 rings (SSSR count). The van der Waals surface area contributed by atoms with Crippen molar-refractivity contribution in [2.75, 3.05) is 7.05 Å². The first kappa shape index (κ1) is 15.7. The zero-order valence-corrected chi connectivity index (χ0v) is 13.5. The molecule has 1 nitrogen and oxygen atoms in total. The highest BCUT2D eigenvalue weighted by Gasteiger charge is 2.21. The second kappa shape index (κ2) is 6.39. The molecule has 0 saturated carbocycles. The van der Waals surface area contributed by atoms with Crippen molar-refractivity contribution >= 4 is 39.1 Å². The van der Waals surface area contributed by atoms with Gasteiger partial charge in [0.05, 0.1) is 16.1 Å². The van der Waals surface area contributed by atoms with E-state index in [1.807, 2.05) is 0 Å². The van der Waals surface area contributed by atoms with Gasteiger partial charge in [-0.2, -0.15) is 0 Å². The molecule has 0 bridgehead atoms. The van der Waals surface area contributed by atoms with E-state index in [9.17, 15) is 8.78 Å². The lowest BCUT2D eigenvalue weighted by molar-refractivity contribution is 0.571. The normalized spacial score (nSPS) is 12.5. The van der Waals surface area contributed by atoms with Gasteiger partial charge < -0.3 is 5.32 Å². The van der Waals surface area contributed by atoms with Crippen molar-refractivity contribution in [1.82, 2.24) is 5.32 Å². The summed E-state index contributed by atoms with van der Waals surface area (Å²) in [5, 5.41) is 3.26. The second-order valence-electron chi connectivity index (χ2n) is 4.15. The van der Waals surface area contributed by atoms with Crippen molar-refractivity contribution in [1.29, 1.82) is 0 Å². The van der Waals surface area contributed by atoms with Crippen LogP contribution in [0, 0.1) is 11.6 Å². The number of hydrogen-bond acceptors (Lipinski definition) is 1. The predicted octanol–water partition coefficient (Wildman–Crippen LogP) is 5.34. The van der Waals surface area contributed by atoms with E-state index in [1.165, 1.54) is 24.3 Å². The van der Waals surface area contributed by atoms with Crippen molar-refractivity contribution in [3.05, 3.63) is 67.6 Å². The number of rotatable bonds is 3. The molecule has 0 aromatic heterocycles. The molecule has 1 atom stereocenters. The van der Waals surface area contributed by atoms with Crippen LogP contribution in [0.4, 0.5) is 8.78 Å². The summed E-state index contributed by atoms with van der Waals surface area (Å²) in [4.78, 5) is 0. The summed E-state index contributed by atoms with van der Waals surface area (Å²) < 4.78 is 28.1. The molecule has 106 valence electrons. The molecule has 0 saturated heterocycles. The zero-order chi connectivity index (χ0) is 14.9. The highest BCUT2D eigenvalue weighted by atomic mass is 79.9. The van der Waals surface area contributed by atoms with Gasteiger partial charge in [-0.1, -0.05) is 35.3 Å². The van der Waals surface area contributed by atoms with Crippen LogP contribution in [0.1, 0.15) is 17.2 Å². The van der Waals surface area contributed by atoms with Gasteiger partial charge in [-0.3, -0.25) is 0 Å². The van der Waals surface area contributed by atoms with Crippen LogP contribution in [-0.2, 0) is 0 Å². The first-order chi connectivity index (χ1) is 9.45. The van der Waals surface area contributed by atoms with Gasteiger partial charge in [0.25, 0.3) is 0 Å². The summed E-state index contributed by atoms with van der Waals surface area (Å²) >= 11 is 15.1. The van der Waals surface area contributed by atoms with Crippen molar-refractivity contribution in [2.24, 2.45) is 0 Å². The maximum Gasteiger partial charge on any atom is 0.142 e. The monoisotopic (exact) mass is 379 g/mol. The molecule has 0 fully saturated rings. The molecule has 0 aliphatic carbocycles. The first-order valence-corrected chi connectivity index (χ1v) is 7.26. The fraction of sp³-hybridized carbons (Fsp3) is 0.143. The Hall–Kier alpha value is -0.680. The van der Waals surface area contributed by atoms with Gasteiger partial charge in [0.1, 0.15) is 11.6 Å².